The van der Waals surface area contributed by atoms with Crippen molar-refractivity contribution in [3.63, 3.8) is 0 Å². The van der Waals surface area contributed by atoms with E-state index in [0.717, 1.165) is 32.7 Å². The second-order valence-corrected chi connectivity index (χ2v) is 10.4. The minimum absolute atomic E-state index is 0.290. The van der Waals surface area contributed by atoms with Gasteiger partial charge >= 0.3 is 11.9 Å². The van der Waals surface area contributed by atoms with E-state index in [2.05, 4.69) is 0 Å². The molecular formula is C35H22Cl2O4. The fraction of sp³-hybridized carbons (Fsp3) is 0.0286. The fourth-order valence-electron chi connectivity index (χ4n) is 4.94. The van der Waals surface area contributed by atoms with E-state index in [9.17, 15) is 9.59 Å². The molecule has 6 aromatic carbocycles. The fourth-order valence-corrected chi connectivity index (χ4v) is 5.19. The van der Waals surface area contributed by atoms with Crippen LogP contribution >= 0.6 is 23.2 Å². The summed E-state index contributed by atoms with van der Waals surface area (Å²) < 4.78 is 11.5. The van der Waals surface area contributed by atoms with Crippen LogP contribution in [0.15, 0.2) is 121 Å². The lowest BCUT2D eigenvalue weighted by molar-refractivity contribution is 0.0726. The SMILES string of the molecule is O=C(Oc1ccc(Cl)cc1)c1ccc2ccccc2c1Cc1c(C(=O)Oc2ccc(Cl)cc2)ccc2ccccc12. The largest absolute Gasteiger partial charge is 0.423 e. The number of halogens is 2. The molecule has 4 nitrogen and oxygen atoms in total. The van der Waals surface area contributed by atoms with E-state index in [1.807, 2.05) is 60.7 Å². The van der Waals surface area contributed by atoms with Gasteiger partial charge in [0.25, 0.3) is 0 Å². The number of rotatable bonds is 6. The van der Waals surface area contributed by atoms with Gasteiger partial charge in [0, 0.05) is 16.5 Å². The molecule has 0 aliphatic heterocycles. The third kappa shape index (κ3) is 5.66. The molecule has 0 heterocycles. The molecule has 0 aliphatic carbocycles. The Kier molecular flexibility index (Phi) is 7.43. The highest BCUT2D eigenvalue weighted by molar-refractivity contribution is 6.30. The van der Waals surface area contributed by atoms with Crippen LogP contribution in [0, 0.1) is 0 Å². The van der Waals surface area contributed by atoms with Crippen LogP contribution < -0.4 is 9.47 Å². The average Bonchev–Trinajstić information content (AvgIpc) is 2.99. The Morgan fingerprint density at radius 1 is 0.488 bits per heavy atom. The molecule has 0 radical (unpaired) electrons. The van der Waals surface area contributed by atoms with Gasteiger partial charge in [-0.25, -0.2) is 9.59 Å². The van der Waals surface area contributed by atoms with Gasteiger partial charge in [-0.3, -0.25) is 0 Å². The van der Waals surface area contributed by atoms with Crippen molar-refractivity contribution >= 4 is 56.7 Å². The van der Waals surface area contributed by atoms with Gasteiger partial charge < -0.3 is 9.47 Å². The van der Waals surface area contributed by atoms with E-state index < -0.39 is 11.9 Å². The maximum Gasteiger partial charge on any atom is 0.343 e. The summed E-state index contributed by atoms with van der Waals surface area (Å²) in [7, 11) is 0. The Bertz CT molecular complexity index is 1770. The van der Waals surface area contributed by atoms with E-state index in [1.54, 1.807) is 60.7 Å². The molecule has 41 heavy (non-hydrogen) atoms. The molecule has 0 aliphatic rings. The average molecular weight is 577 g/mol. The van der Waals surface area contributed by atoms with Gasteiger partial charge in [0.05, 0.1) is 11.1 Å². The highest BCUT2D eigenvalue weighted by Gasteiger charge is 2.22. The zero-order valence-electron chi connectivity index (χ0n) is 21.6. The van der Waals surface area contributed by atoms with Crippen LogP contribution in [0.3, 0.4) is 0 Å². The first-order chi connectivity index (χ1) is 20.0. The van der Waals surface area contributed by atoms with E-state index in [-0.39, 0.29) is 0 Å². The molecule has 6 heteroatoms. The Morgan fingerprint density at radius 2 is 0.878 bits per heavy atom. The maximum absolute atomic E-state index is 13.5. The second kappa shape index (κ2) is 11.5. The van der Waals surface area contributed by atoms with Crippen LogP contribution in [0.4, 0.5) is 0 Å². The molecule has 0 amide bonds. The quantitative estimate of drug-likeness (QED) is 0.146. The molecule has 0 aromatic heterocycles. The third-order valence-electron chi connectivity index (χ3n) is 6.92. The number of hydrogen-bond acceptors (Lipinski definition) is 4. The van der Waals surface area contributed by atoms with E-state index in [0.29, 0.717) is 39.1 Å². The molecule has 6 rings (SSSR count). The van der Waals surface area contributed by atoms with Crippen molar-refractivity contribution in [2.75, 3.05) is 0 Å². The molecule has 0 saturated carbocycles. The lowest BCUT2D eigenvalue weighted by Crippen LogP contribution is -2.15. The number of carbonyl (C=O) groups is 2. The van der Waals surface area contributed by atoms with Crippen molar-refractivity contribution in [3.05, 3.63) is 154 Å². The standard InChI is InChI=1S/C35H22Cl2O4/c36-24-11-15-26(16-12-24)40-34(38)30-19-9-22-5-1-3-7-28(22)32(30)21-33-29-8-4-2-6-23(29)10-20-31(33)35(39)41-27-17-13-25(37)14-18-27/h1-20H,21H2. The number of hydrogen-bond donors (Lipinski definition) is 0. The summed E-state index contributed by atoms with van der Waals surface area (Å²) in [5, 5.41) is 4.81. The van der Waals surface area contributed by atoms with Gasteiger partial charge in [-0.1, -0.05) is 83.9 Å². The first kappa shape index (κ1) is 26.6. The summed E-state index contributed by atoms with van der Waals surface area (Å²) in [6.45, 7) is 0. The van der Waals surface area contributed by atoms with Crippen molar-refractivity contribution in [2.24, 2.45) is 0 Å². The summed E-state index contributed by atoms with van der Waals surface area (Å²) in [6, 6.07) is 36.3. The summed E-state index contributed by atoms with van der Waals surface area (Å²) in [5.74, 6) is -0.232. The first-order valence-electron chi connectivity index (χ1n) is 12.9. The molecule has 6 aromatic rings. The minimum atomic E-state index is -0.501. The zero-order chi connectivity index (χ0) is 28.3. The van der Waals surface area contributed by atoms with Crippen LogP contribution in [0.2, 0.25) is 10.0 Å². The van der Waals surface area contributed by atoms with Crippen molar-refractivity contribution < 1.29 is 19.1 Å². The molecule has 0 N–H and O–H groups in total. The van der Waals surface area contributed by atoms with Gasteiger partial charge in [0.15, 0.2) is 0 Å². The van der Waals surface area contributed by atoms with Crippen molar-refractivity contribution in [3.8, 4) is 11.5 Å². The summed E-state index contributed by atoms with van der Waals surface area (Å²) in [5.41, 5.74) is 2.31. The van der Waals surface area contributed by atoms with E-state index in [4.69, 9.17) is 32.7 Å². The Balaban J connectivity index is 1.47. The van der Waals surface area contributed by atoms with Gasteiger partial charge in [-0.05, 0) is 93.3 Å². The van der Waals surface area contributed by atoms with Crippen LogP contribution in [-0.2, 0) is 6.42 Å². The molecule has 0 spiro atoms. The molecule has 0 fully saturated rings. The summed E-state index contributed by atoms with van der Waals surface area (Å²) in [6.07, 6.45) is 0.290. The molecular weight excluding hydrogens is 555 g/mol. The zero-order valence-corrected chi connectivity index (χ0v) is 23.2. The van der Waals surface area contributed by atoms with E-state index in [1.165, 1.54) is 0 Å². The number of carbonyl (C=O) groups excluding carboxylic acids is 2. The highest BCUT2D eigenvalue weighted by atomic mass is 35.5. The molecule has 0 atom stereocenters. The van der Waals surface area contributed by atoms with Crippen LogP contribution in [-0.4, -0.2) is 11.9 Å². The Hall–Kier alpha value is -4.64. The molecule has 0 bridgehead atoms. The predicted octanol–water partition coefficient (Wildman–Crippen LogP) is 9.33. The molecule has 0 unspecified atom stereocenters. The van der Waals surface area contributed by atoms with Crippen LogP contribution in [0.1, 0.15) is 31.8 Å². The molecule has 0 saturated heterocycles. The van der Waals surface area contributed by atoms with Gasteiger partial charge in [0.2, 0.25) is 0 Å². The third-order valence-corrected chi connectivity index (χ3v) is 7.43. The lowest BCUT2D eigenvalue weighted by atomic mass is 9.89. The topological polar surface area (TPSA) is 52.6 Å². The molecule has 200 valence electrons. The van der Waals surface area contributed by atoms with Gasteiger partial charge in [-0.15, -0.1) is 0 Å². The van der Waals surface area contributed by atoms with Gasteiger partial charge in [-0.2, -0.15) is 0 Å². The maximum atomic E-state index is 13.5. The number of benzene rings is 6. The number of ether oxygens (including phenoxy) is 2. The van der Waals surface area contributed by atoms with Crippen LogP contribution in [0.5, 0.6) is 11.5 Å². The number of esters is 2. The van der Waals surface area contributed by atoms with Gasteiger partial charge in [0.1, 0.15) is 11.5 Å². The summed E-state index contributed by atoms with van der Waals surface area (Å²) >= 11 is 12.0. The lowest BCUT2D eigenvalue weighted by Gasteiger charge is -2.17. The monoisotopic (exact) mass is 576 g/mol. The van der Waals surface area contributed by atoms with Crippen molar-refractivity contribution in [1.29, 1.82) is 0 Å². The van der Waals surface area contributed by atoms with E-state index >= 15 is 0 Å². The predicted molar refractivity (Wildman–Crippen MR) is 164 cm³/mol. The smallest absolute Gasteiger partial charge is 0.343 e. The van der Waals surface area contributed by atoms with Crippen molar-refractivity contribution in [1.82, 2.24) is 0 Å². The number of fused-ring (bicyclic) bond motifs is 2. The highest BCUT2D eigenvalue weighted by Crippen LogP contribution is 2.32. The summed E-state index contributed by atoms with van der Waals surface area (Å²) in [4.78, 5) is 27.1. The first-order valence-corrected chi connectivity index (χ1v) is 13.7. The second-order valence-electron chi connectivity index (χ2n) is 9.49. The van der Waals surface area contributed by atoms with Crippen molar-refractivity contribution in [2.45, 2.75) is 6.42 Å². The van der Waals surface area contributed by atoms with Crippen LogP contribution in [0.25, 0.3) is 21.5 Å². The normalized spacial score (nSPS) is 11.0. The Labute approximate surface area is 246 Å². The Morgan fingerprint density at radius 3 is 1.29 bits per heavy atom. The minimum Gasteiger partial charge on any atom is -0.423 e.